The number of aromatic nitrogens is 5. The van der Waals surface area contributed by atoms with E-state index in [-0.39, 0.29) is 41.8 Å². The molecule has 3 atom stereocenters. The lowest BCUT2D eigenvalue weighted by molar-refractivity contribution is -0.138. The van der Waals surface area contributed by atoms with Crippen LogP contribution in [0.5, 0.6) is 0 Å². The van der Waals surface area contributed by atoms with Gasteiger partial charge >= 0.3 is 0 Å². The van der Waals surface area contributed by atoms with E-state index < -0.39 is 6.04 Å². The minimum Gasteiger partial charge on any atom is -0.368 e. The van der Waals surface area contributed by atoms with E-state index >= 15 is 0 Å². The number of nitrogens with one attached hydrogen (secondary N) is 1. The summed E-state index contributed by atoms with van der Waals surface area (Å²) in [5.41, 5.74) is 8.05. The Bertz CT molecular complexity index is 1600. The van der Waals surface area contributed by atoms with Gasteiger partial charge in [-0.2, -0.15) is 5.10 Å². The number of ketones is 1. The molecule has 1 saturated heterocycles. The molecule has 4 aromatic rings. The SMILES string of the molecule is CC(=O)c1nn(CC(=O)N2C3C[C@@H]3C[C@H]2C(=O)Nc2cccc(Br)n2)c2ccc(-c3cnc(N)nc3)cc12. The molecule has 2 fully saturated rings. The molecule has 192 valence electrons. The summed E-state index contributed by atoms with van der Waals surface area (Å²) in [6.45, 7) is 1.36. The van der Waals surface area contributed by atoms with Gasteiger partial charge in [-0.15, -0.1) is 0 Å². The fraction of sp³-hybridized carbons (Fsp3) is 0.269. The molecule has 11 nitrogen and oxygen atoms in total. The zero-order valence-corrected chi connectivity index (χ0v) is 21.9. The smallest absolute Gasteiger partial charge is 0.248 e. The van der Waals surface area contributed by atoms with Crippen molar-refractivity contribution in [3.8, 4) is 11.1 Å². The number of nitrogen functional groups attached to an aromatic ring is 1. The van der Waals surface area contributed by atoms with Crippen LogP contribution in [0.4, 0.5) is 11.8 Å². The molecule has 1 saturated carbocycles. The maximum Gasteiger partial charge on any atom is 0.248 e. The van der Waals surface area contributed by atoms with Gasteiger partial charge in [0.2, 0.25) is 17.8 Å². The van der Waals surface area contributed by atoms with E-state index in [9.17, 15) is 14.4 Å². The molecule has 3 aromatic heterocycles. The van der Waals surface area contributed by atoms with E-state index in [1.807, 2.05) is 18.2 Å². The number of fused-ring (bicyclic) bond motifs is 2. The summed E-state index contributed by atoms with van der Waals surface area (Å²) in [4.78, 5) is 53.1. The fourth-order valence-corrected chi connectivity index (χ4v) is 5.52. The van der Waals surface area contributed by atoms with Crippen molar-refractivity contribution in [2.24, 2.45) is 5.92 Å². The molecule has 0 spiro atoms. The highest BCUT2D eigenvalue weighted by Crippen LogP contribution is 2.48. The van der Waals surface area contributed by atoms with Crippen LogP contribution in [0.2, 0.25) is 0 Å². The molecule has 1 aromatic carbocycles. The van der Waals surface area contributed by atoms with Crippen LogP contribution in [-0.2, 0) is 16.1 Å². The molecule has 0 radical (unpaired) electrons. The molecule has 1 aliphatic carbocycles. The average Bonchev–Trinajstić information content (AvgIpc) is 3.39. The topological polar surface area (TPSA) is 149 Å². The van der Waals surface area contributed by atoms with Crippen LogP contribution in [-0.4, -0.2) is 59.3 Å². The molecule has 3 N–H and O–H groups in total. The van der Waals surface area contributed by atoms with Crippen LogP contribution >= 0.6 is 15.9 Å². The van der Waals surface area contributed by atoms with Crippen LogP contribution in [0.3, 0.4) is 0 Å². The highest BCUT2D eigenvalue weighted by Gasteiger charge is 2.56. The number of piperidine rings is 1. The molecule has 2 amide bonds. The van der Waals surface area contributed by atoms with Gasteiger partial charge in [0.25, 0.3) is 0 Å². The van der Waals surface area contributed by atoms with E-state index in [1.54, 1.807) is 35.5 Å². The quantitative estimate of drug-likeness (QED) is 0.263. The van der Waals surface area contributed by atoms with Gasteiger partial charge in [-0.25, -0.2) is 15.0 Å². The van der Waals surface area contributed by atoms with Gasteiger partial charge in [0, 0.05) is 36.3 Å². The van der Waals surface area contributed by atoms with E-state index in [0.29, 0.717) is 33.7 Å². The number of Topliss-reactive ketones (excluding diaryl/α,β-unsaturated/α-hetero) is 1. The predicted octanol–water partition coefficient (Wildman–Crippen LogP) is 3.06. The van der Waals surface area contributed by atoms with E-state index in [4.69, 9.17) is 5.73 Å². The van der Waals surface area contributed by atoms with Crippen molar-refractivity contribution in [2.75, 3.05) is 11.1 Å². The Kier molecular flexibility index (Phi) is 5.90. The predicted molar refractivity (Wildman–Crippen MR) is 143 cm³/mol. The molecular weight excluding hydrogens is 552 g/mol. The second-order valence-corrected chi connectivity index (χ2v) is 10.4. The molecule has 2 aliphatic rings. The number of nitrogens with zero attached hydrogens (tertiary/aromatic N) is 6. The zero-order valence-electron chi connectivity index (χ0n) is 20.3. The summed E-state index contributed by atoms with van der Waals surface area (Å²) < 4.78 is 2.15. The monoisotopic (exact) mass is 574 g/mol. The van der Waals surface area contributed by atoms with Gasteiger partial charge in [-0.05, 0) is 64.5 Å². The number of carbonyl (C=O) groups excluding carboxylic acids is 3. The molecule has 6 rings (SSSR count). The molecule has 0 bridgehead atoms. The number of hydrogen-bond acceptors (Lipinski definition) is 8. The van der Waals surface area contributed by atoms with Gasteiger partial charge < -0.3 is 16.0 Å². The number of hydrogen-bond donors (Lipinski definition) is 2. The summed E-state index contributed by atoms with van der Waals surface area (Å²) in [6.07, 6.45) is 4.72. The van der Waals surface area contributed by atoms with Crippen molar-refractivity contribution in [1.82, 2.24) is 29.6 Å². The maximum absolute atomic E-state index is 13.6. The number of nitrogens with two attached hydrogens (primary N) is 1. The number of rotatable bonds is 6. The maximum atomic E-state index is 13.6. The third kappa shape index (κ3) is 4.40. The first-order valence-corrected chi connectivity index (χ1v) is 12.9. The van der Waals surface area contributed by atoms with Crippen molar-refractivity contribution in [3.63, 3.8) is 0 Å². The first kappa shape index (κ1) is 24.2. The minimum atomic E-state index is -0.585. The number of amides is 2. The first-order valence-electron chi connectivity index (χ1n) is 12.1. The van der Waals surface area contributed by atoms with Crippen molar-refractivity contribution in [3.05, 3.63) is 59.1 Å². The number of benzene rings is 1. The second kappa shape index (κ2) is 9.28. The van der Waals surface area contributed by atoms with E-state index in [1.165, 1.54) is 11.6 Å². The van der Waals surface area contributed by atoms with Crippen LogP contribution in [0.25, 0.3) is 22.0 Å². The number of pyridine rings is 1. The first-order chi connectivity index (χ1) is 18.3. The van der Waals surface area contributed by atoms with Crippen molar-refractivity contribution in [1.29, 1.82) is 0 Å². The number of likely N-dealkylation sites (tertiary alicyclic amines) is 1. The third-order valence-corrected chi connectivity index (χ3v) is 7.48. The minimum absolute atomic E-state index is 0.0416. The molecule has 4 heterocycles. The second-order valence-electron chi connectivity index (χ2n) is 9.57. The molecular formula is C26H23BrN8O3. The fourth-order valence-electron chi connectivity index (χ4n) is 5.17. The average molecular weight is 575 g/mol. The number of carbonyl (C=O) groups is 3. The van der Waals surface area contributed by atoms with Crippen LogP contribution < -0.4 is 11.1 Å². The standard InChI is InChI=1S/C26H23BrN8O3/c1-13(36)24-17-7-14(16-10-29-26(28)30-11-16)5-6-18(17)34(33-24)12-23(37)35-19-8-15(19)9-20(35)25(38)32-22-4-2-3-21(27)31-22/h2-7,10-11,15,19-20H,8-9,12H2,1H3,(H2,28,29,30)(H,31,32,38)/t15-,19?,20+/m1/s1. The van der Waals surface area contributed by atoms with Gasteiger partial charge in [0.15, 0.2) is 5.78 Å². The molecule has 38 heavy (non-hydrogen) atoms. The lowest BCUT2D eigenvalue weighted by atomic mass is 10.0. The third-order valence-electron chi connectivity index (χ3n) is 7.04. The Labute approximate surface area is 225 Å². The van der Waals surface area contributed by atoms with E-state index in [2.05, 4.69) is 41.3 Å². The summed E-state index contributed by atoms with van der Waals surface area (Å²) in [6, 6.07) is 10.2. The Morgan fingerprint density at radius 2 is 1.89 bits per heavy atom. The summed E-state index contributed by atoms with van der Waals surface area (Å²) in [5, 5.41) is 7.94. The van der Waals surface area contributed by atoms with Crippen LogP contribution in [0, 0.1) is 5.92 Å². The van der Waals surface area contributed by atoms with Crippen molar-refractivity contribution >= 4 is 56.2 Å². The Morgan fingerprint density at radius 3 is 2.63 bits per heavy atom. The van der Waals surface area contributed by atoms with Gasteiger partial charge in [-0.3, -0.25) is 19.1 Å². The van der Waals surface area contributed by atoms with Gasteiger partial charge in [-0.1, -0.05) is 12.1 Å². The highest BCUT2D eigenvalue weighted by molar-refractivity contribution is 9.10. The number of anilines is 2. The van der Waals surface area contributed by atoms with Gasteiger partial charge in [0.1, 0.15) is 28.7 Å². The zero-order chi connectivity index (χ0) is 26.6. The molecule has 12 heteroatoms. The normalized spacial score (nSPS) is 19.8. The summed E-state index contributed by atoms with van der Waals surface area (Å²) in [5.74, 6) is 0.217. The van der Waals surface area contributed by atoms with Gasteiger partial charge in [0.05, 0.1) is 5.52 Å². The number of halogens is 1. The van der Waals surface area contributed by atoms with Crippen LogP contribution in [0.1, 0.15) is 30.3 Å². The Balaban J connectivity index is 1.27. The highest BCUT2D eigenvalue weighted by atomic mass is 79.9. The summed E-state index contributed by atoms with van der Waals surface area (Å²) >= 11 is 3.30. The Hall–Kier alpha value is -4.19. The van der Waals surface area contributed by atoms with E-state index in [0.717, 1.165) is 17.5 Å². The molecule has 1 unspecified atom stereocenters. The molecule has 1 aliphatic heterocycles. The largest absolute Gasteiger partial charge is 0.368 e. The van der Waals surface area contributed by atoms with Crippen molar-refractivity contribution in [2.45, 2.75) is 38.4 Å². The van der Waals surface area contributed by atoms with Crippen LogP contribution in [0.15, 0.2) is 53.4 Å². The lowest BCUT2D eigenvalue weighted by Gasteiger charge is -2.26. The Morgan fingerprint density at radius 1 is 1.11 bits per heavy atom. The van der Waals surface area contributed by atoms with Crippen molar-refractivity contribution < 1.29 is 14.4 Å². The summed E-state index contributed by atoms with van der Waals surface area (Å²) in [7, 11) is 0. The lowest BCUT2D eigenvalue weighted by Crippen LogP contribution is -2.46.